The lowest BCUT2D eigenvalue weighted by Crippen LogP contribution is -2.43. The van der Waals surface area contributed by atoms with E-state index in [0.29, 0.717) is 31.0 Å². The van der Waals surface area contributed by atoms with Gasteiger partial charge in [0.25, 0.3) is 5.56 Å². The number of nitrogens with zero attached hydrogens (tertiary/aromatic N) is 4. The highest BCUT2D eigenvalue weighted by molar-refractivity contribution is 5.56. The van der Waals surface area contributed by atoms with Crippen LogP contribution in [0, 0.1) is 11.6 Å². The Kier molecular flexibility index (Phi) is 5.12. The summed E-state index contributed by atoms with van der Waals surface area (Å²) in [6.45, 7) is 1.99. The summed E-state index contributed by atoms with van der Waals surface area (Å²) in [5, 5.41) is 3.93. The molecule has 2 aromatic heterocycles. The second-order valence-electron chi connectivity index (χ2n) is 7.06. The van der Waals surface area contributed by atoms with Crippen molar-refractivity contribution in [1.29, 1.82) is 0 Å². The Labute approximate surface area is 164 Å². The number of hydrogen-bond donors (Lipinski definition) is 0. The molecule has 0 aliphatic carbocycles. The summed E-state index contributed by atoms with van der Waals surface area (Å²) in [4.78, 5) is 30.6. The van der Waals surface area contributed by atoms with Crippen LogP contribution >= 0.6 is 0 Å². The first-order valence-electron chi connectivity index (χ1n) is 9.63. The zero-order valence-corrected chi connectivity index (χ0v) is 16.0. The van der Waals surface area contributed by atoms with Crippen molar-refractivity contribution >= 4 is 0 Å². The minimum absolute atomic E-state index is 0.0491. The van der Waals surface area contributed by atoms with Gasteiger partial charge in [0.1, 0.15) is 17.2 Å². The van der Waals surface area contributed by atoms with Crippen LogP contribution in [0.1, 0.15) is 43.3 Å². The first-order chi connectivity index (χ1) is 14.0. The van der Waals surface area contributed by atoms with Gasteiger partial charge in [-0.05, 0) is 25.3 Å². The molecule has 1 aromatic carbocycles. The molecule has 152 valence electrons. The molecule has 0 unspecified atom stereocenters. The van der Waals surface area contributed by atoms with Gasteiger partial charge in [0.15, 0.2) is 0 Å². The number of hydrogen-bond acceptors (Lipinski definition) is 5. The molecule has 3 aromatic rings. The van der Waals surface area contributed by atoms with Gasteiger partial charge in [0, 0.05) is 30.3 Å². The second kappa shape index (κ2) is 7.73. The predicted octanol–water partition coefficient (Wildman–Crippen LogP) is 2.68. The van der Waals surface area contributed by atoms with E-state index in [9.17, 15) is 18.4 Å². The number of benzene rings is 1. The van der Waals surface area contributed by atoms with E-state index in [-0.39, 0.29) is 23.5 Å². The Morgan fingerprint density at radius 2 is 2.00 bits per heavy atom. The lowest BCUT2D eigenvalue weighted by Gasteiger charge is -2.16. The van der Waals surface area contributed by atoms with Crippen molar-refractivity contribution in [1.82, 2.24) is 19.3 Å². The zero-order chi connectivity index (χ0) is 20.5. The van der Waals surface area contributed by atoms with Gasteiger partial charge in [-0.15, -0.1) is 0 Å². The van der Waals surface area contributed by atoms with Gasteiger partial charge in [-0.3, -0.25) is 13.9 Å². The Bertz CT molecular complexity index is 1180. The molecule has 7 nitrogen and oxygen atoms in total. The average Bonchev–Trinajstić information content (AvgIpc) is 3.03. The van der Waals surface area contributed by atoms with E-state index in [1.54, 1.807) is 4.57 Å². The standard InChI is InChI=1S/C20H20F2N4O3/c1-2-16-23-18(24-29-16)17-15-6-4-3-5-9-25(15)20(28)26(19(17)27)11-12-7-8-13(21)10-14(12)22/h7-8,10H,2-6,9,11H2,1H3. The normalized spacial score (nSPS) is 13.9. The maximum absolute atomic E-state index is 14.2. The number of fused-ring (bicyclic) bond motifs is 1. The molecule has 29 heavy (non-hydrogen) atoms. The van der Waals surface area contributed by atoms with Crippen molar-refractivity contribution in [3.63, 3.8) is 0 Å². The topological polar surface area (TPSA) is 82.9 Å². The highest BCUT2D eigenvalue weighted by atomic mass is 19.1. The van der Waals surface area contributed by atoms with E-state index >= 15 is 0 Å². The maximum Gasteiger partial charge on any atom is 0.331 e. The predicted molar refractivity (Wildman–Crippen MR) is 101 cm³/mol. The largest absolute Gasteiger partial charge is 0.339 e. The van der Waals surface area contributed by atoms with E-state index in [2.05, 4.69) is 10.1 Å². The Morgan fingerprint density at radius 1 is 1.17 bits per heavy atom. The molecule has 9 heteroatoms. The summed E-state index contributed by atoms with van der Waals surface area (Å²) in [7, 11) is 0. The summed E-state index contributed by atoms with van der Waals surface area (Å²) in [5.41, 5.74) is -0.281. The van der Waals surface area contributed by atoms with Crippen LogP contribution in [0.2, 0.25) is 0 Å². The van der Waals surface area contributed by atoms with Crippen LogP contribution in [0.4, 0.5) is 8.78 Å². The van der Waals surface area contributed by atoms with Crippen molar-refractivity contribution in [3.8, 4) is 11.4 Å². The maximum atomic E-state index is 14.2. The monoisotopic (exact) mass is 402 g/mol. The second-order valence-corrected chi connectivity index (χ2v) is 7.06. The van der Waals surface area contributed by atoms with Crippen molar-refractivity contribution in [2.45, 2.75) is 52.1 Å². The molecule has 0 radical (unpaired) electrons. The fraction of sp³-hybridized carbons (Fsp3) is 0.400. The molecule has 4 rings (SSSR count). The molecule has 0 atom stereocenters. The van der Waals surface area contributed by atoms with Crippen LogP contribution in [0.3, 0.4) is 0 Å². The summed E-state index contributed by atoms with van der Waals surface area (Å²) in [5.74, 6) is -1.03. The van der Waals surface area contributed by atoms with Gasteiger partial charge in [-0.2, -0.15) is 4.98 Å². The highest BCUT2D eigenvalue weighted by Gasteiger charge is 2.25. The van der Waals surface area contributed by atoms with Gasteiger partial charge in [-0.1, -0.05) is 24.6 Å². The van der Waals surface area contributed by atoms with Crippen LogP contribution in [0.25, 0.3) is 11.4 Å². The zero-order valence-electron chi connectivity index (χ0n) is 16.0. The Morgan fingerprint density at radius 3 is 2.72 bits per heavy atom. The van der Waals surface area contributed by atoms with Crippen molar-refractivity contribution in [2.75, 3.05) is 0 Å². The van der Waals surface area contributed by atoms with Crippen LogP contribution in [0.15, 0.2) is 32.3 Å². The lowest BCUT2D eigenvalue weighted by atomic mass is 10.1. The molecule has 0 saturated heterocycles. The summed E-state index contributed by atoms with van der Waals surface area (Å²) >= 11 is 0. The van der Waals surface area contributed by atoms with Crippen molar-refractivity contribution in [2.24, 2.45) is 0 Å². The molecule has 1 aliphatic heterocycles. The number of aromatic nitrogens is 4. The molecule has 3 heterocycles. The highest BCUT2D eigenvalue weighted by Crippen LogP contribution is 2.22. The number of rotatable bonds is 4. The minimum atomic E-state index is -0.814. The SMILES string of the molecule is CCc1nc(-c2c3n(c(=O)n(Cc4ccc(F)cc4F)c2=O)CCCCC3)no1. The summed E-state index contributed by atoms with van der Waals surface area (Å²) in [6.07, 6.45) is 3.61. The first-order valence-corrected chi connectivity index (χ1v) is 9.63. The van der Waals surface area contributed by atoms with Crippen LogP contribution in [0.5, 0.6) is 0 Å². The molecule has 0 saturated carbocycles. The fourth-order valence-corrected chi connectivity index (χ4v) is 3.66. The Balaban J connectivity index is 1.94. The van der Waals surface area contributed by atoms with E-state index in [1.165, 1.54) is 6.07 Å². The van der Waals surface area contributed by atoms with Gasteiger partial charge in [-0.25, -0.2) is 13.6 Å². The average molecular weight is 402 g/mol. The molecule has 0 bridgehead atoms. The molecule has 1 aliphatic rings. The summed E-state index contributed by atoms with van der Waals surface area (Å²) < 4.78 is 35.1. The molecular formula is C20H20F2N4O3. The molecule has 0 amide bonds. The van der Waals surface area contributed by atoms with Gasteiger partial charge in [0.2, 0.25) is 11.7 Å². The third kappa shape index (κ3) is 3.52. The third-order valence-electron chi connectivity index (χ3n) is 5.17. The smallest absolute Gasteiger partial charge is 0.331 e. The van der Waals surface area contributed by atoms with Crippen LogP contribution < -0.4 is 11.2 Å². The van der Waals surface area contributed by atoms with Crippen LogP contribution in [-0.4, -0.2) is 19.3 Å². The minimum Gasteiger partial charge on any atom is -0.339 e. The lowest BCUT2D eigenvalue weighted by molar-refractivity contribution is 0.382. The third-order valence-corrected chi connectivity index (χ3v) is 5.17. The first kappa shape index (κ1) is 19.2. The van der Waals surface area contributed by atoms with E-state index < -0.39 is 22.9 Å². The quantitative estimate of drug-likeness (QED) is 0.670. The van der Waals surface area contributed by atoms with E-state index in [4.69, 9.17) is 4.52 Å². The molecule has 0 N–H and O–H groups in total. The van der Waals surface area contributed by atoms with Crippen molar-refractivity contribution in [3.05, 3.63) is 67.8 Å². The van der Waals surface area contributed by atoms with Crippen molar-refractivity contribution < 1.29 is 13.3 Å². The van der Waals surface area contributed by atoms with Crippen LogP contribution in [-0.2, 0) is 25.9 Å². The van der Waals surface area contributed by atoms with Gasteiger partial charge < -0.3 is 4.52 Å². The molecule has 0 spiro atoms. The number of halogens is 2. The van der Waals surface area contributed by atoms with Gasteiger partial charge in [0.05, 0.1) is 6.54 Å². The van der Waals surface area contributed by atoms with Gasteiger partial charge >= 0.3 is 5.69 Å². The Hall–Kier alpha value is -3.10. The van der Waals surface area contributed by atoms with E-state index in [1.807, 2.05) is 6.92 Å². The molecular weight excluding hydrogens is 382 g/mol. The fourth-order valence-electron chi connectivity index (χ4n) is 3.66. The van der Waals surface area contributed by atoms with E-state index in [0.717, 1.165) is 36.0 Å². The number of aryl methyl sites for hydroxylation is 1. The molecule has 0 fully saturated rings. The summed E-state index contributed by atoms with van der Waals surface area (Å²) in [6, 6.07) is 3.06.